The summed E-state index contributed by atoms with van der Waals surface area (Å²) in [5.41, 5.74) is 1.85. The maximum absolute atomic E-state index is 12.1. The summed E-state index contributed by atoms with van der Waals surface area (Å²) in [4.78, 5) is 13.6. The summed E-state index contributed by atoms with van der Waals surface area (Å²) in [7, 11) is 0. The van der Waals surface area contributed by atoms with Gasteiger partial charge in [0.05, 0.1) is 17.9 Å². The van der Waals surface area contributed by atoms with Crippen molar-refractivity contribution in [2.45, 2.75) is 31.8 Å². The van der Waals surface area contributed by atoms with Crippen LogP contribution in [0.3, 0.4) is 0 Å². The summed E-state index contributed by atoms with van der Waals surface area (Å²) in [6, 6.07) is 2.40. The second-order valence-corrected chi connectivity index (χ2v) is 6.72. The maximum Gasteiger partial charge on any atom is 0.284 e. The highest BCUT2D eigenvalue weighted by Crippen LogP contribution is 2.36. The molecule has 0 aliphatic heterocycles. The number of rotatable bonds is 3. The first kappa shape index (κ1) is 14.4. The van der Waals surface area contributed by atoms with Crippen molar-refractivity contribution in [2.75, 3.05) is 5.32 Å². The van der Waals surface area contributed by atoms with Crippen LogP contribution in [0.15, 0.2) is 26.9 Å². The first-order valence-electron chi connectivity index (χ1n) is 6.72. The molecule has 3 rings (SSSR count). The van der Waals surface area contributed by atoms with Crippen molar-refractivity contribution in [1.29, 1.82) is 0 Å². The van der Waals surface area contributed by atoms with Gasteiger partial charge in [-0.15, -0.1) is 17.8 Å². The molecule has 1 atom stereocenters. The Labute approximate surface area is 135 Å². The Kier molecular flexibility index (Phi) is 4.13. The number of hydrogen-bond acceptors (Lipinski definition) is 4. The molecular weight excluding hydrogens is 350 g/mol. The lowest BCUT2D eigenvalue weighted by molar-refractivity contribution is 0.604. The molecule has 1 aliphatic rings. The molecule has 2 aromatic rings. The molecule has 0 spiro atoms. The lowest BCUT2D eigenvalue weighted by Crippen LogP contribution is -2.25. The molecule has 6 heteroatoms. The maximum atomic E-state index is 12.1. The van der Waals surface area contributed by atoms with Crippen LogP contribution >= 0.6 is 27.3 Å². The third-order valence-electron chi connectivity index (χ3n) is 3.61. The number of halogens is 1. The minimum absolute atomic E-state index is 0.176. The molecular formula is C15H14BrN3OS. The van der Waals surface area contributed by atoms with E-state index in [2.05, 4.69) is 43.7 Å². The van der Waals surface area contributed by atoms with Gasteiger partial charge in [-0.3, -0.25) is 4.79 Å². The van der Waals surface area contributed by atoms with Crippen molar-refractivity contribution in [2.24, 2.45) is 0 Å². The highest BCUT2D eigenvalue weighted by Gasteiger charge is 2.22. The van der Waals surface area contributed by atoms with E-state index >= 15 is 0 Å². The SMILES string of the molecule is C#CCn1ncc(NC2CCCc3sccc32)c(Br)c1=O. The molecule has 0 bridgehead atoms. The third-order valence-corrected chi connectivity index (χ3v) is 5.37. The number of thiophene rings is 1. The number of fused-ring (bicyclic) bond motifs is 1. The van der Waals surface area contributed by atoms with Gasteiger partial charge in [-0.25, -0.2) is 4.68 Å². The number of aromatic nitrogens is 2. The molecule has 0 aromatic carbocycles. The Morgan fingerprint density at radius 1 is 1.62 bits per heavy atom. The van der Waals surface area contributed by atoms with Crippen LogP contribution in [0.25, 0.3) is 0 Å². The molecule has 4 nitrogen and oxygen atoms in total. The van der Waals surface area contributed by atoms with Gasteiger partial charge in [0.15, 0.2) is 0 Å². The zero-order chi connectivity index (χ0) is 14.8. The summed E-state index contributed by atoms with van der Waals surface area (Å²) in [6.45, 7) is 0.176. The molecule has 2 heterocycles. The van der Waals surface area contributed by atoms with E-state index in [-0.39, 0.29) is 18.1 Å². The van der Waals surface area contributed by atoms with Gasteiger partial charge < -0.3 is 5.32 Å². The van der Waals surface area contributed by atoms with E-state index in [1.165, 1.54) is 15.1 Å². The van der Waals surface area contributed by atoms with Gasteiger partial charge in [-0.1, -0.05) is 5.92 Å². The quantitative estimate of drug-likeness (QED) is 0.851. The predicted molar refractivity (Wildman–Crippen MR) is 88.7 cm³/mol. The highest BCUT2D eigenvalue weighted by molar-refractivity contribution is 9.10. The Morgan fingerprint density at radius 2 is 2.48 bits per heavy atom. The Hall–Kier alpha value is -1.58. The lowest BCUT2D eigenvalue weighted by Gasteiger charge is -2.25. The number of aryl methyl sites for hydroxylation is 1. The summed E-state index contributed by atoms with van der Waals surface area (Å²) < 4.78 is 1.75. The van der Waals surface area contributed by atoms with Crippen LogP contribution < -0.4 is 10.9 Å². The molecule has 0 fully saturated rings. The molecule has 0 amide bonds. The fourth-order valence-electron chi connectivity index (χ4n) is 2.59. The molecule has 0 radical (unpaired) electrons. The molecule has 0 saturated carbocycles. The van der Waals surface area contributed by atoms with Crippen LogP contribution in [0.4, 0.5) is 5.69 Å². The van der Waals surface area contributed by atoms with Crippen LogP contribution in [0.2, 0.25) is 0 Å². The van der Waals surface area contributed by atoms with Crippen molar-refractivity contribution < 1.29 is 0 Å². The summed E-state index contributed by atoms with van der Waals surface area (Å²) >= 11 is 5.16. The lowest BCUT2D eigenvalue weighted by atomic mass is 9.94. The number of nitrogens with one attached hydrogen (secondary N) is 1. The Morgan fingerprint density at radius 3 is 3.29 bits per heavy atom. The first-order valence-corrected chi connectivity index (χ1v) is 8.40. The molecule has 1 unspecified atom stereocenters. The smallest absolute Gasteiger partial charge is 0.284 e. The van der Waals surface area contributed by atoms with Crippen molar-refractivity contribution in [3.8, 4) is 12.3 Å². The van der Waals surface area contributed by atoms with E-state index in [4.69, 9.17) is 6.42 Å². The van der Waals surface area contributed by atoms with Gasteiger partial charge in [0.2, 0.25) is 0 Å². The first-order chi connectivity index (χ1) is 10.2. The zero-order valence-electron chi connectivity index (χ0n) is 11.3. The topological polar surface area (TPSA) is 46.9 Å². The number of hydrogen-bond donors (Lipinski definition) is 1. The minimum atomic E-state index is -0.209. The van der Waals surface area contributed by atoms with E-state index in [1.54, 1.807) is 17.5 Å². The predicted octanol–water partition coefficient (Wildman–Crippen LogP) is 3.19. The fraction of sp³-hybridized carbons (Fsp3) is 0.333. The average molecular weight is 364 g/mol. The van der Waals surface area contributed by atoms with Crippen LogP contribution in [0.5, 0.6) is 0 Å². The molecule has 1 N–H and O–H groups in total. The van der Waals surface area contributed by atoms with E-state index in [0.717, 1.165) is 24.9 Å². The standard InChI is InChI=1S/C15H14BrN3OS/c1-2-7-19-15(20)14(16)12(9-17-19)18-11-4-3-5-13-10(11)6-8-21-13/h1,6,8-9,11,18H,3-5,7H2. The van der Waals surface area contributed by atoms with Gasteiger partial charge in [0.1, 0.15) is 11.0 Å². The third kappa shape index (κ3) is 2.76. The number of terminal acetylenes is 1. The molecule has 2 aromatic heterocycles. The van der Waals surface area contributed by atoms with Gasteiger partial charge >= 0.3 is 0 Å². The number of nitrogens with zero attached hydrogens (tertiary/aromatic N) is 2. The largest absolute Gasteiger partial charge is 0.376 e. The van der Waals surface area contributed by atoms with Crippen molar-refractivity contribution in [3.63, 3.8) is 0 Å². The average Bonchev–Trinajstić information content (AvgIpc) is 2.96. The van der Waals surface area contributed by atoms with E-state index < -0.39 is 0 Å². The van der Waals surface area contributed by atoms with Crippen LogP contribution in [0.1, 0.15) is 29.3 Å². The second-order valence-electron chi connectivity index (χ2n) is 4.93. The van der Waals surface area contributed by atoms with Crippen molar-refractivity contribution in [3.05, 3.63) is 42.9 Å². The Bertz CT molecular complexity index is 759. The normalized spacial score (nSPS) is 17.0. The van der Waals surface area contributed by atoms with E-state index in [9.17, 15) is 4.79 Å². The summed E-state index contributed by atoms with van der Waals surface area (Å²) in [5, 5.41) is 9.67. The summed E-state index contributed by atoms with van der Waals surface area (Å²) in [6.07, 6.45) is 10.2. The van der Waals surface area contributed by atoms with Gasteiger partial charge in [-0.2, -0.15) is 5.10 Å². The summed E-state index contributed by atoms with van der Waals surface area (Å²) in [5.74, 6) is 2.42. The van der Waals surface area contributed by atoms with Crippen molar-refractivity contribution in [1.82, 2.24) is 9.78 Å². The number of anilines is 1. The zero-order valence-corrected chi connectivity index (χ0v) is 13.7. The molecule has 108 valence electrons. The second kappa shape index (κ2) is 6.04. The molecule has 21 heavy (non-hydrogen) atoms. The van der Waals surface area contributed by atoms with Gasteiger partial charge in [0.25, 0.3) is 5.56 Å². The van der Waals surface area contributed by atoms with Crippen molar-refractivity contribution >= 4 is 33.0 Å². The van der Waals surface area contributed by atoms with Crippen LogP contribution in [-0.4, -0.2) is 9.78 Å². The highest BCUT2D eigenvalue weighted by atomic mass is 79.9. The minimum Gasteiger partial charge on any atom is -0.376 e. The monoisotopic (exact) mass is 363 g/mol. The van der Waals surface area contributed by atoms with Crippen LogP contribution in [-0.2, 0) is 13.0 Å². The fourth-order valence-corrected chi connectivity index (χ4v) is 4.00. The van der Waals surface area contributed by atoms with E-state index in [0.29, 0.717) is 4.47 Å². The van der Waals surface area contributed by atoms with E-state index in [1.807, 2.05) is 0 Å². The van der Waals surface area contributed by atoms with Gasteiger partial charge in [0, 0.05) is 4.88 Å². The van der Waals surface area contributed by atoms with Crippen LogP contribution in [0, 0.1) is 12.3 Å². The molecule has 0 saturated heterocycles. The van der Waals surface area contributed by atoms with Gasteiger partial charge in [-0.05, 0) is 52.2 Å². The molecule has 1 aliphatic carbocycles. The Balaban J connectivity index is 1.89.